The zero-order valence-electron chi connectivity index (χ0n) is 10.0. The smallest absolute Gasteiger partial charge is 0.125 e. The summed E-state index contributed by atoms with van der Waals surface area (Å²) in [6, 6.07) is 5.09. The Morgan fingerprint density at radius 2 is 2.29 bits per heavy atom. The lowest BCUT2D eigenvalue weighted by atomic mass is 9.86. The normalized spacial score (nSPS) is 19.6. The third-order valence-corrected chi connectivity index (χ3v) is 4.01. The van der Waals surface area contributed by atoms with Crippen LogP contribution in [-0.2, 0) is 19.9 Å². The highest BCUT2D eigenvalue weighted by atomic mass is 19.1. The van der Waals surface area contributed by atoms with E-state index in [9.17, 15) is 4.39 Å². The first-order valence-electron chi connectivity index (χ1n) is 6.16. The minimum atomic E-state index is -0.161. The molecule has 17 heavy (non-hydrogen) atoms. The second-order valence-corrected chi connectivity index (χ2v) is 4.99. The Hall–Kier alpha value is -1.35. The molecule has 0 radical (unpaired) electrons. The molecular formula is C14H17FN2. The summed E-state index contributed by atoms with van der Waals surface area (Å²) < 4.78 is 15.4. The number of nitrogens with two attached hydrogens (primary N) is 1. The van der Waals surface area contributed by atoms with Gasteiger partial charge in [0.05, 0.1) is 5.52 Å². The maximum Gasteiger partial charge on any atom is 0.125 e. The summed E-state index contributed by atoms with van der Waals surface area (Å²) in [6.45, 7) is 0.747. The van der Waals surface area contributed by atoms with E-state index < -0.39 is 0 Å². The molecule has 1 aliphatic carbocycles. The van der Waals surface area contributed by atoms with Crippen LogP contribution in [0.4, 0.5) is 4.39 Å². The fraction of sp³-hybridized carbons (Fsp3) is 0.429. The SMILES string of the molecule is Cn1c2c(c3ccc(F)cc31)CC(CN)CC2. The molecule has 2 nitrogen and oxygen atoms in total. The first-order chi connectivity index (χ1) is 8.20. The van der Waals surface area contributed by atoms with Crippen LogP contribution in [0.3, 0.4) is 0 Å². The molecule has 0 aliphatic heterocycles. The molecule has 3 rings (SSSR count). The second-order valence-electron chi connectivity index (χ2n) is 4.99. The number of fused-ring (bicyclic) bond motifs is 3. The van der Waals surface area contributed by atoms with Crippen LogP contribution < -0.4 is 5.73 Å². The van der Waals surface area contributed by atoms with E-state index in [-0.39, 0.29) is 5.82 Å². The Morgan fingerprint density at radius 3 is 3.06 bits per heavy atom. The zero-order valence-corrected chi connectivity index (χ0v) is 10.0. The molecule has 2 aromatic rings. The van der Waals surface area contributed by atoms with E-state index in [1.807, 2.05) is 13.1 Å². The largest absolute Gasteiger partial charge is 0.347 e. The molecule has 0 amide bonds. The highest BCUT2D eigenvalue weighted by molar-refractivity contribution is 5.85. The lowest BCUT2D eigenvalue weighted by Gasteiger charge is -2.21. The monoisotopic (exact) mass is 232 g/mol. The van der Waals surface area contributed by atoms with E-state index in [0.717, 1.165) is 31.3 Å². The Bertz CT molecular complexity index is 571. The van der Waals surface area contributed by atoms with E-state index in [0.29, 0.717) is 5.92 Å². The Morgan fingerprint density at radius 1 is 1.47 bits per heavy atom. The van der Waals surface area contributed by atoms with Gasteiger partial charge in [0, 0.05) is 18.1 Å². The summed E-state index contributed by atoms with van der Waals surface area (Å²) in [4.78, 5) is 0. The van der Waals surface area contributed by atoms with Crippen molar-refractivity contribution >= 4 is 10.9 Å². The van der Waals surface area contributed by atoms with Gasteiger partial charge in [-0.05, 0) is 55.5 Å². The number of rotatable bonds is 1. The van der Waals surface area contributed by atoms with Crippen molar-refractivity contribution in [3.63, 3.8) is 0 Å². The lowest BCUT2D eigenvalue weighted by molar-refractivity contribution is 0.462. The molecule has 1 aromatic carbocycles. The van der Waals surface area contributed by atoms with Gasteiger partial charge in [-0.3, -0.25) is 0 Å². The Kier molecular flexibility index (Phi) is 2.44. The highest BCUT2D eigenvalue weighted by Gasteiger charge is 2.23. The van der Waals surface area contributed by atoms with E-state index >= 15 is 0 Å². The van der Waals surface area contributed by atoms with Crippen LogP contribution in [0.15, 0.2) is 18.2 Å². The number of hydrogen-bond acceptors (Lipinski definition) is 1. The number of nitrogens with zero attached hydrogens (tertiary/aromatic N) is 1. The lowest BCUT2D eigenvalue weighted by Crippen LogP contribution is -2.22. The highest BCUT2D eigenvalue weighted by Crippen LogP contribution is 2.33. The van der Waals surface area contributed by atoms with E-state index in [1.54, 1.807) is 12.1 Å². The fourth-order valence-corrected chi connectivity index (χ4v) is 3.02. The molecule has 1 aliphatic rings. The third-order valence-electron chi connectivity index (χ3n) is 4.01. The standard InChI is InChI=1S/C14H17FN2/c1-17-13-5-2-9(8-16)6-12(13)11-4-3-10(15)7-14(11)17/h3-4,7,9H,2,5-6,8,16H2,1H3. The predicted molar refractivity (Wildman–Crippen MR) is 67.4 cm³/mol. The number of benzene rings is 1. The van der Waals surface area contributed by atoms with Crippen LogP contribution >= 0.6 is 0 Å². The molecule has 0 saturated carbocycles. The van der Waals surface area contributed by atoms with Crippen LogP contribution in [0, 0.1) is 11.7 Å². The topological polar surface area (TPSA) is 30.9 Å². The summed E-state index contributed by atoms with van der Waals surface area (Å²) in [5.74, 6) is 0.420. The maximum atomic E-state index is 13.3. The minimum absolute atomic E-state index is 0.161. The first-order valence-corrected chi connectivity index (χ1v) is 6.16. The molecule has 0 bridgehead atoms. The fourth-order valence-electron chi connectivity index (χ4n) is 3.02. The number of halogens is 1. The van der Waals surface area contributed by atoms with Crippen LogP contribution in [0.25, 0.3) is 10.9 Å². The van der Waals surface area contributed by atoms with Gasteiger partial charge in [0.15, 0.2) is 0 Å². The van der Waals surface area contributed by atoms with Crippen molar-refractivity contribution in [2.45, 2.75) is 19.3 Å². The average molecular weight is 232 g/mol. The van der Waals surface area contributed by atoms with Gasteiger partial charge in [-0.15, -0.1) is 0 Å². The summed E-state index contributed by atoms with van der Waals surface area (Å²) in [5.41, 5.74) is 9.51. The first kappa shape index (κ1) is 10.8. The molecule has 1 atom stereocenters. The summed E-state index contributed by atoms with van der Waals surface area (Å²) in [7, 11) is 2.03. The quantitative estimate of drug-likeness (QED) is 0.804. The van der Waals surface area contributed by atoms with Gasteiger partial charge in [-0.1, -0.05) is 0 Å². The molecule has 0 fully saturated rings. The summed E-state index contributed by atoms with van der Waals surface area (Å²) in [5, 5.41) is 1.20. The van der Waals surface area contributed by atoms with Crippen LogP contribution in [0.2, 0.25) is 0 Å². The summed E-state index contributed by atoms with van der Waals surface area (Å²) in [6.07, 6.45) is 3.24. The molecule has 3 heteroatoms. The van der Waals surface area contributed by atoms with Crippen molar-refractivity contribution in [1.82, 2.24) is 4.57 Å². The van der Waals surface area contributed by atoms with E-state index in [4.69, 9.17) is 5.73 Å². The van der Waals surface area contributed by atoms with Crippen molar-refractivity contribution in [3.05, 3.63) is 35.3 Å². The van der Waals surface area contributed by atoms with Crippen molar-refractivity contribution < 1.29 is 4.39 Å². The van der Waals surface area contributed by atoms with E-state index in [2.05, 4.69) is 4.57 Å². The molecule has 90 valence electrons. The average Bonchev–Trinajstić information content (AvgIpc) is 2.62. The van der Waals surface area contributed by atoms with Crippen molar-refractivity contribution in [2.24, 2.45) is 18.7 Å². The van der Waals surface area contributed by atoms with Gasteiger partial charge in [-0.25, -0.2) is 4.39 Å². The van der Waals surface area contributed by atoms with Crippen LogP contribution in [0.1, 0.15) is 17.7 Å². The molecule has 1 unspecified atom stereocenters. The van der Waals surface area contributed by atoms with Gasteiger partial charge >= 0.3 is 0 Å². The minimum Gasteiger partial charge on any atom is -0.347 e. The number of aromatic nitrogens is 1. The molecule has 0 spiro atoms. The Labute approximate surface area is 100 Å². The van der Waals surface area contributed by atoms with E-state index in [1.165, 1.54) is 16.6 Å². The van der Waals surface area contributed by atoms with Crippen LogP contribution in [-0.4, -0.2) is 11.1 Å². The summed E-state index contributed by atoms with van der Waals surface area (Å²) >= 11 is 0. The van der Waals surface area contributed by atoms with Crippen molar-refractivity contribution in [2.75, 3.05) is 6.54 Å². The zero-order chi connectivity index (χ0) is 12.0. The van der Waals surface area contributed by atoms with Gasteiger partial charge < -0.3 is 10.3 Å². The van der Waals surface area contributed by atoms with Gasteiger partial charge in [0.25, 0.3) is 0 Å². The maximum absolute atomic E-state index is 13.3. The predicted octanol–water partition coefficient (Wildman–Crippen LogP) is 2.38. The molecule has 2 N–H and O–H groups in total. The van der Waals surface area contributed by atoms with Gasteiger partial charge in [-0.2, -0.15) is 0 Å². The molecule has 0 saturated heterocycles. The molecule has 1 heterocycles. The molecule has 1 aromatic heterocycles. The van der Waals surface area contributed by atoms with Gasteiger partial charge in [0.2, 0.25) is 0 Å². The second kappa shape index (κ2) is 3.84. The van der Waals surface area contributed by atoms with Crippen molar-refractivity contribution in [1.29, 1.82) is 0 Å². The number of hydrogen-bond donors (Lipinski definition) is 1. The Balaban J connectivity index is 2.22. The number of aryl methyl sites for hydroxylation is 1. The third kappa shape index (κ3) is 1.57. The van der Waals surface area contributed by atoms with Gasteiger partial charge in [0.1, 0.15) is 5.82 Å². The van der Waals surface area contributed by atoms with Crippen molar-refractivity contribution in [3.8, 4) is 0 Å². The van der Waals surface area contributed by atoms with Crippen LogP contribution in [0.5, 0.6) is 0 Å². The molecular weight excluding hydrogens is 215 g/mol.